The highest BCUT2D eigenvalue weighted by Gasteiger charge is 2.04. The van der Waals surface area contributed by atoms with Crippen molar-refractivity contribution in [1.82, 2.24) is 4.98 Å². The van der Waals surface area contributed by atoms with Crippen molar-refractivity contribution in [2.45, 2.75) is 13.0 Å². The SMILES string of the molecule is C[C@@H](O)c1cccc2cnccc12. The van der Waals surface area contributed by atoms with Crippen LogP contribution in [0.4, 0.5) is 0 Å². The van der Waals surface area contributed by atoms with Crippen LogP contribution in [-0.2, 0) is 0 Å². The van der Waals surface area contributed by atoms with Crippen molar-refractivity contribution in [3.8, 4) is 0 Å². The average molecular weight is 173 g/mol. The third-order valence-corrected chi connectivity index (χ3v) is 2.16. The molecule has 0 aliphatic carbocycles. The Kier molecular flexibility index (Phi) is 1.99. The lowest BCUT2D eigenvalue weighted by atomic mass is 10.0. The van der Waals surface area contributed by atoms with Crippen LogP contribution in [-0.4, -0.2) is 10.1 Å². The largest absolute Gasteiger partial charge is 0.389 e. The van der Waals surface area contributed by atoms with Crippen molar-refractivity contribution in [3.63, 3.8) is 0 Å². The summed E-state index contributed by atoms with van der Waals surface area (Å²) < 4.78 is 0. The van der Waals surface area contributed by atoms with Crippen LogP contribution in [0.2, 0.25) is 0 Å². The molecule has 66 valence electrons. The summed E-state index contributed by atoms with van der Waals surface area (Å²) in [4.78, 5) is 4.03. The van der Waals surface area contributed by atoms with E-state index >= 15 is 0 Å². The van der Waals surface area contributed by atoms with Crippen molar-refractivity contribution < 1.29 is 5.11 Å². The van der Waals surface area contributed by atoms with Crippen LogP contribution in [0.1, 0.15) is 18.6 Å². The van der Waals surface area contributed by atoms with Crippen molar-refractivity contribution in [3.05, 3.63) is 42.2 Å². The van der Waals surface area contributed by atoms with Gasteiger partial charge in [-0.15, -0.1) is 0 Å². The molecule has 0 aliphatic heterocycles. The van der Waals surface area contributed by atoms with E-state index in [1.807, 2.05) is 24.3 Å². The van der Waals surface area contributed by atoms with Crippen LogP contribution in [0.25, 0.3) is 10.8 Å². The Morgan fingerprint density at radius 1 is 1.31 bits per heavy atom. The number of rotatable bonds is 1. The van der Waals surface area contributed by atoms with Crippen molar-refractivity contribution in [1.29, 1.82) is 0 Å². The highest BCUT2D eigenvalue weighted by atomic mass is 16.3. The Morgan fingerprint density at radius 3 is 2.92 bits per heavy atom. The molecule has 0 saturated heterocycles. The summed E-state index contributed by atoms with van der Waals surface area (Å²) in [6.07, 6.45) is 3.13. The van der Waals surface area contributed by atoms with Gasteiger partial charge in [0.2, 0.25) is 0 Å². The topological polar surface area (TPSA) is 33.1 Å². The summed E-state index contributed by atoms with van der Waals surface area (Å²) >= 11 is 0. The van der Waals surface area contributed by atoms with E-state index in [4.69, 9.17) is 0 Å². The first-order valence-electron chi connectivity index (χ1n) is 4.30. The average Bonchev–Trinajstić information content (AvgIpc) is 2.17. The Hall–Kier alpha value is -1.41. The fourth-order valence-electron chi connectivity index (χ4n) is 1.51. The standard InChI is InChI=1S/C11H11NO/c1-8(13)10-4-2-3-9-7-12-6-5-11(9)10/h2-8,13H,1H3/t8-/m1/s1. The lowest BCUT2D eigenvalue weighted by Crippen LogP contribution is -1.92. The quantitative estimate of drug-likeness (QED) is 0.717. The lowest BCUT2D eigenvalue weighted by Gasteiger charge is -2.07. The van der Waals surface area contributed by atoms with E-state index in [0.29, 0.717) is 0 Å². The number of aromatic nitrogens is 1. The van der Waals surface area contributed by atoms with Gasteiger partial charge in [-0.05, 0) is 23.9 Å². The summed E-state index contributed by atoms with van der Waals surface area (Å²) in [5.74, 6) is 0. The molecule has 1 aromatic heterocycles. The third-order valence-electron chi connectivity index (χ3n) is 2.16. The molecule has 2 nitrogen and oxygen atoms in total. The molecular formula is C11H11NO. The smallest absolute Gasteiger partial charge is 0.0767 e. The maximum absolute atomic E-state index is 9.50. The lowest BCUT2D eigenvalue weighted by molar-refractivity contribution is 0.201. The Bertz CT molecular complexity index is 418. The van der Waals surface area contributed by atoms with E-state index in [-0.39, 0.29) is 0 Å². The number of aliphatic hydroxyl groups excluding tert-OH is 1. The molecule has 2 aromatic rings. The normalized spacial score (nSPS) is 13.1. The van der Waals surface area contributed by atoms with Crippen molar-refractivity contribution in [2.75, 3.05) is 0 Å². The van der Waals surface area contributed by atoms with Gasteiger partial charge in [0.05, 0.1) is 6.10 Å². The molecule has 1 N–H and O–H groups in total. The zero-order valence-electron chi connectivity index (χ0n) is 7.44. The predicted octanol–water partition coefficient (Wildman–Crippen LogP) is 2.29. The number of nitrogens with zero attached hydrogens (tertiary/aromatic N) is 1. The fourth-order valence-corrected chi connectivity index (χ4v) is 1.51. The zero-order chi connectivity index (χ0) is 9.26. The van der Waals surface area contributed by atoms with E-state index in [0.717, 1.165) is 16.3 Å². The first-order valence-corrected chi connectivity index (χ1v) is 4.30. The molecule has 1 heterocycles. The monoisotopic (exact) mass is 173 g/mol. The molecule has 0 fully saturated rings. The molecule has 2 heteroatoms. The molecule has 13 heavy (non-hydrogen) atoms. The van der Waals surface area contributed by atoms with Crippen LogP contribution in [0.15, 0.2) is 36.7 Å². The van der Waals surface area contributed by atoms with Gasteiger partial charge in [0, 0.05) is 17.8 Å². The van der Waals surface area contributed by atoms with Crippen LogP contribution < -0.4 is 0 Å². The van der Waals surface area contributed by atoms with Gasteiger partial charge in [-0.1, -0.05) is 18.2 Å². The van der Waals surface area contributed by atoms with Gasteiger partial charge in [-0.25, -0.2) is 0 Å². The maximum Gasteiger partial charge on any atom is 0.0767 e. The Morgan fingerprint density at radius 2 is 2.15 bits per heavy atom. The Balaban J connectivity index is 2.76. The molecule has 1 atom stereocenters. The van der Waals surface area contributed by atoms with Gasteiger partial charge in [0.15, 0.2) is 0 Å². The number of aliphatic hydroxyl groups is 1. The van der Waals surface area contributed by atoms with E-state index < -0.39 is 6.10 Å². The second kappa shape index (κ2) is 3.15. The van der Waals surface area contributed by atoms with E-state index in [9.17, 15) is 5.11 Å². The molecular weight excluding hydrogens is 162 g/mol. The van der Waals surface area contributed by atoms with Gasteiger partial charge in [0.25, 0.3) is 0 Å². The Labute approximate surface area is 76.9 Å². The highest BCUT2D eigenvalue weighted by Crippen LogP contribution is 2.22. The number of hydrogen-bond acceptors (Lipinski definition) is 2. The second-order valence-corrected chi connectivity index (χ2v) is 3.12. The maximum atomic E-state index is 9.50. The van der Waals surface area contributed by atoms with Crippen LogP contribution in [0.3, 0.4) is 0 Å². The van der Waals surface area contributed by atoms with Gasteiger partial charge in [-0.2, -0.15) is 0 Å². The van der Waals surface area contributed by atoms with Crippen molar-refractivity contribution >= 4 is 10.8 Å². The van der Waals surface area contributed by atoms with E-state index in [1.54, 1.807) is 19.3 Å². The van der Waals surface area contributed by atoms with E-state index in [2.05, 4.69) is 4.98 Å². The molecule has 0 bridgehead atoms. The van der Waals surface area contributed by atoms with Gasteiger partial charge in [-0.3, -0.25) is 4.98 Å². The minimum atomic E-state index is -0.425. The number of hydrogen-bond donors (Lipinski definition) is 1. The third kappa shape index (κ3) is 1.40. The first-order chi connectivity index (χ1) is 6.29. The minimum absolute atomic E-state index is 0.425. The molecule has 0 amide bonds. The number of benzene rings is 1. The number of pyridine rings is 1. The van der Waals surface area contributed by atoms with Crippen molar-refractivity contribution in [2.24, 2.45) is 0 Å². The summed E-state index contributed by atoms with van der Waals surface area (Å²) in [5, 5.41) is 11.6. The predicted molar refractivity (Wildman–Crippen MR) is 52.4 cm³/mol. The van der Waals surface area contributed by atoms with Gasteiger partial charge in [0.1, 0.15) is 0 Å². The molecule has 0 aliphatic rings. The minimum Gasteiger partial charge on any atom is -0.389 e. The molecule has 0 unspecified atom stereocenters. The summed E-state index contributed by atoms with van der Waals surface area (Å²) in [7, 11) is 0. The summed E-state index contributed by atoms with van der Waals surface area (Å²) in [5.41, 5.74) is 0.958. The summed E-state index contributed by atoms with van der Waals surface area (Å²) in [6.45, 7) is 1.77. The zero-order valence-corrected chi connectivity index (χ0v) is 7.44. The summed E-state index contributed by atoms with van der Waals surface area (Å²) in [6, 6.07) is 7.80. The van der Waals surface area contributed by atoms with Crippen LogP contribution in [0, 0.1) is 0 Å². The second-order valence-electron chi connectivity index (χ2n) is 3.12. The van der Waals surface area contributed by atoms with Gasteiger partial charge < -0.3 is 5.11 Å². The molecule has 0 spiro atoms. The van der Waals surface area contributed by atoms with Crippen LogP contribution in [0.5, 0.6) is 0 Å². The van der Waals surface area contributed by atoms with Crippen LogP contribution >= 0.6 is 0 Å². The van der Waals surface area contributed by atoms with E-state index in [1.165, 1.54) is 0 Å². The fraction of sp³-hybridized carbons (Fsp3) is 0.182. The molecule has 0 saturated carbocycles. The first kappa shape index (κ1) is 8.20. The molecule has 0 radical (unpaired) electrons. The molecule has 1 aromatic carbocycles. The van der Waals surface area contributed by atoms with Gasteiger partial charge >= 0.3 is 0 Å². The number of fused-ring (bicyclic) bond motifs is 1. The molecule has 2 rings (SSSR count). The highest BCUT2D eigenvalue weighted by molar-refractivity contribution is 5.84.